The van der Waals surface area contributed by atoms with Gasteiger partial charge in [-0.25, -0.2) is 0 Å². The molecule has 2 heteroatoms. The molecule has 0 aliphatic heterocycles. The molecule has 0 aromatic rings. The summed E-state index contributed by atoms with van der Waals surface area (Å²) in [5.74, 6) is 0.476. The van der Waals surface area contributed by atoms with Gasteiger partial charge in [-0.2, -0.15) is 5.26 Å². The van der Waals surface area contributed by atoms with Gasteiger partial charge in [0.2, 0.25) is 0 Å². The predicted molar refractivity (Wildman–Crippen MR) is 69.2 cm³/mol. The average molecular weight is 229 g/mol. The molecule has 0 fully saturated rings. The number of carbonyl (C=O) groups is 1. The summed E-state index contributed by atoms with van der Waals surface area (Å²) in [7, 11) is 0. The third kappa shape index (κ3) is 3.42. The molecule has 0 saturated heterocycles. The lowest BCUT2D eigenvalue weighted by atomic mass is 9.68. The number of nitriles is 1. The van der Waals surface area contributed by atoms with Crippen molar-refractivity contribution in [3.63, 3.8) is 0 Å². The summed E-state index contributed by atoms with van der Waals surface area (Å²) in [4.78, 5) is 11.5. The molecule has 1 aliphatic rings. The lowest BCUT2D eigenvalue weighted by molar-refractivity contribution is -0.117. The zero-order valence-corrected chi connectivity index (χ0v) is 10.9. The summed E-state index contributed by atoms with van der Waals surface area (Å²) in [6.07, 6.45) is 7.91. The Bertz CT molecular complexity index is 444. The van der Waals surface area contributed by atoms with E-state index in [0.717, 1.165) is 11.1 Å². The van der Waals surface area contributed by atoms with Crippen LogP contribution in [0, 0.1) is 22.7 Å². The summed E-state index contributed by atoms with van der Waals surface area (Å²) < 4.78 is 0. The molecule has 0 heterocycles. The Morgan fingerprint density at radius 2 is 2.24 bits per heavy atom. The maximum Gasteiger partial charge on any atom is 0.156 e. The molecule has 0 amide bonds. The molecule has 0 spiro atoms. The Hall–Kier alpha value is -1.62. The normalized spacial score (nSPS) is 24.6. The lowest BCUT2D eigenvalue weighted by Gasteiger charge is -2.35. The minimum Gasteiger partial charge on any atom is -0.295 e. The van der Waals surface area contributed by atoms with Crippen LogP contribution in [0.25, 0.3) is 0 Å². The number of carbonyl (C=O) groups excluding carboxylic acids is 1. The molecule has 0 bridgehead atoms. The SMILES string of the molecule is CC1=CC(=O)CC(C)(C)C1C=C/C(C)=C/C#N. The van der Waals surface area contributed by atoms with Gasteiger partial charge >= 0.3 is 0 Å². The minimum absolute atomic E-state index is 0.0423. The highest BCUT2D eigenvalue weighted by Crippen LogP contribution is 2.40. The second-order valence-corrected chi connectivity index (χ2v) is 5.37. The first-order valence-electron chi connectivity index (χ1n) is 5.82. The van der Waals surface area contributed by atoms with Gasteiger partial charge in [0.25, 0.3) is 0 Å². The van der Waals surface area contributed by atoms with Gasteiger partial charge in [0, 0.05) is 18.4 Å². The van der Waals surface area contributed by atoms with Crippen LogP contribution in [0.15, 0.2) is 35.5 Å². The molecule has 0 N–H and O–H groups in total. The van der Waals surface area contributed by atoms with Crippen LogP contribution < -0.4 is 0 Å². The maximum absolute atomic E-state index is 11.5. The fourth-order valence-corrected chi connectivity index (χ4v) is 2.38. The Labute approximate surface area is 103 Å². The van der Waals surface area contributed by atoms with Crippen molar-refractivity contribution in [2.75, 3.05) is 0 Å². The second-order valence-electron chi connectivity index (χ2n) is 5.37. The van der Waals surface area contributed by atoms with Gasteiger partial charge in [0.1, 0.15) is 0 Å². The maximum atomic E-state index is 11.5. The van der Waals surface area contributed by atoms with Gasteiger partial charge in [-0.05, 0) is 30.9 Å². The molecule has 90 valence electrons. The van der Waals surface area contributed by atoms with E-state index in [1.54, 1.807) is 6.08 Å². The summed E-state index contributed by atoms with van der Waals surface area (Å²) >= 11 is 0. The zero-order chi connectivity index (χ0) is 13.1. The summed E-state index contributed by atoms with van der Waals surface area (Å²) in [6.45, 7) is 8.12. The molecular weight excluding hydrogens is 210 g/mol. The lowest BCUT2D eigenvalue weighted by Crippen LogP contribution is -2.30. The Kier molecular flexibility index (Phi) is 4.07. The van der Waals surface area contributed by atoms with Gasteiger partial charge in [-0.3, -0.25) is 4.79 Å². The van der Waals surface area contributed by atoms with Crippen LogP contribution in [0.1, 0.15) is 34.1 Å². The fraction of sp³-hybridized carbons (Fsp3) is 0.467. The van der Waals surface area contributed by atoms with Crippen LogP contribution in [0.2, 0.25) is 0 Å². The third-order valence-electron chi connectivity index (χ3n) is 3.19. The number of allylic oxidation sites excluding steroid dienone is 6. The first kappa shape index (κ1) is 13.4. The first-order valence-corrected chi connectivity index (χ1v) is 5.82. The molecule has 0 radical (unpaired) electrons. The highest BCUT2D eigenvalue weighted by atomic mass is 16.1. The first-order chi connectivity index (χ1) is 7.86. The number of ketones is 1. The van der Waals surface area contributed by atoms with Crippen molar-refractivity contribution < 1.29 is 4.79 Å². The van der Waals surface area contributed by atoms with E-state index >= 15 is 0 Å². The van der Waals surface area contributed by atoms with E-state index in [0.29, 0.717) is 6.42 Å². The van der Waals surface area contributed by atoms with Crippen molar-refractivity contribution in [2.45, 2.75) is 34.1 Å². The molecule has 1 aliphatic carbocycles. The van der Waals surface area contributed by atoms with E-state index in [2.05, 4.69) is 19.9 Å². The summed E-state index contributed by atoms with van der Waals surface area (Å²) in [6, 6.07) is 2.01. The fourth-order valence-electron chi connectivity index (χ4n) is 2.38. The van der Waals surface area contributed by atoms with Crippen LogP contribution in [-0.2, 0) is 4.79 Å². The van der Waals surface area contributed by atoms with Crippen LogP contribution in [0.3, 0.4) is 0 Å². The van der Waals surface area contributed by atoms with Crippen LogP contribution in [-0.4, -0.2) is 5.78 Å². The number of nitrogens with zero attached hydrogens (tertiary/aromatic N) is 1. The van der Waals surface area contributed by atoms with E-state index < -0.39 is 0 Å². The van der Waals surface area contributed by atoms with Gasteiger partial charge in [0.05, 0.1) is 6.07 Å². The third-order valence-corrected chi connectivity index (χ3v) is 3.19. The Balaban J connectivity index is 2.97. The van der Waals surface area contributed by atoms with Crippen LogP contribution in [0.4, 0.5) is 0 Å². The quantitative estimate of drug-likeness (QED) is 0.536. The number of hydrogen-bond donors (Lipinski definition) is 0. The van der Waals surface area contributed by atoms with Gasteiger partial charge < -0.3 is 0 Å². The van der Waals surface area contributed by atoms with Crippen LogP contribution in [0.5, 0.6) is 0 Å². The minimum atomic E-state index is -0.0423. The van der Waals surface area contributed by atoms with Gasteiger partial charge in [-0.1, -0.05) is 31.6 Å². The molecule has 0 aromatic carbocycles. The highest BCUT2D eigenvalue weighted by molar-refractivity contribution is 5.92. The van der Waals surface area contributed by atoms with E-state index in [4.69, 9.17) is 5.26 Å². The molecule has 1 unspecified atom stereocenters. The number of rotatable bonds is 2. The molecule has 0 saturated carbocycles. The van der Waals surface area contributed by atoms with Crippen molar-refractivity contribution in [1.82, 2.24) is 0 Å². The van der Waals surface area contributed by atoms with Gasteiger partial charge in [0.15, 0.2) is 5.78 Å². The standard InChI is InChI=1S/C15H19NO/c1-11(7-8-16)5-6-14-12(2)9-13(17)10-15(14,3)4/h5-7,9,14H,10H2,1-4H3/b6-5?,11-7+. The average Bonchev–Trinajstić information content (AvgIpc) is 2.14. The summed E-state index contributed by atoms with van der Waals surface area (Å²) in [5, 5.41) is 8.55. The van der Waals surface area contributed by atoms with E-state index in [9.17, 15) is 4.79 Å². The van der Waals surface area contributed by atoms with Crippen LogP contribution >= 0.6 is 0 Å². The topological polar surface area (TPSA) is 40.9 Å². The molecule has 2 nitrogen and oxygen atoms in total. The van der Waals surface area contributed by atoms with Crippen molar-refractivity contribution in [3.8, 4) is 6.07 Å². The predicted octanol–water partition coefficient (Wildman–Crippen LogP) is 3.57. The smallest absolute Gasteiger partial charge is 0.156 e. The van der Waals surface area contributed by atoms with E-state index in [-0.39, 0.29) is 17.1 Å². The van der Waals surface area contributed by atoms with E-state index in [1.165, 1.54) is 6.08 Å². The molecule has 17 heavy (non-hydrogen) atoms. The molecule has 1 atom stereocenters. The Morgan fingerprint density at radius 1 is 1.59 bits per heavy atom. The van der Waals surface area contributed by atoms with Gasteiger partial charge in [-0.15, -0.1) is 0 Å². The highest BCUT2D eigenvalue weighted by Gasteiger charge is 2.34. The number of hydrogen-bond acceptors (Lipinski definition) is 2. The largest absolute Gasteiger partial charge is 0.295 e. The molecule has 0 aromatic heterocycles. The zero-order valence-electron chi connectivity index (χ0n) is 10.9. The second kappa shape index (κ2) is 5.14. The van der Waals surface area contributed by atoms with Crippen molar-refractivity contribution in [3.05, 3.63) is 35.5 Å². The van der Waals surface area contributed by atoms with Crippen molar-refractivity contribution in [2.24, 2.45) is 11.3 Å². The molecule has 1 rings (SSSR count). The Morgan fingerprint density at radius 3 is 2.76 bits per heavy atom. The molecular formula is C15H19NO. The monoisotopic (exact) mass is 229 g/mol. The van der Waals surface area contributed by atoms with Crippen molar-refractivity contribution >= 4 is 5.78 Å². The van der Waals surface area contributed by atoms with E-state index in [1.807, 2.05) is 26.0 Å². The summed E-state index contributed by atoms with van der Waals surface area (Å²) in [5.41, 5.74) is 2.00. The van der Waals surface area contributed by atoms with Crippen molar-refractivity contribution in [1.29, 1.82) is 5.26 Å².